The van der Waals surface area contributed by atoms with Gasteiger partial charge in [-0.1, -0.05) is 60.7 Å². The van der Waals surface area contributed by atoms with E-state index in [9.17, 15) is 4.79 Å². The molecular formula is C22H22N2O3. The van der Waals surface area contributed by atoms with E-state index in [-0.39, 0.29) is 5.91 Å². The number of rotatable bonds is 5. The Labute approximate surface area is 158 Å². The molecule has 3 aromatic rings. The zero-order valence-corrected chi connectivity index (χ0v) is 15.1. The van der Waals surface area contributed by atoms with Crippen LogP contribution < -0.4 is 0 Å². The van der Waals surface area contributed by atoms with Gasteiger partial charge in [-0.3, -0.25) is 4.79 Å². The van der Waals surface area contributed by atoms with Crippen molar-refractivity contribution < 1.29 is 13.9 Å². The number of ether oxygens (including phenoxy) is 1. The number of aryl methyl sites for hydroxylation is 1. The fraction of sp³-hybridized carbons (Fsp3) is 0.273. The fourth-order valence-corrected chi connectivity index (χ4v) is 3.23. The number of amides is 1. The minimum atomic E-state index is 0.124. The number of morpholine rings is 1. The van der Waals surface area contributed by atoms with Crippen molar-refractivity contribution in [1.82, 2.24) is 9.88 Å². The molecule has 27 heavy (non-hydrogen) atoms. The highest BCUT2D eigenvalue weighted by atomic mass is 16.5. The van der Waals surface area contributed by atoms with Crippen molar-refractivity contribution in [1.29, 1.82) is 0 Å². The maximum Gasteiger partial charge on any atom is 0.223 e. The largest absolute Gasteiger partial charge is 0.440 e. The molecule has 0 unspecified atom stereocenters. The van der Waals surface area contributed by atoms with Gasteiger partial charge in [0.1, 0.15) is 5.69 Å². The summed E-state index contributed by atoms with van der Waals surface area (Å²) in [5.74, 6) is 1.46. The van der Waals surface area contributed by atoms with Gasteiger partial charge < -0.3 is 14.1 Å². The molecule has 1 fully saturated rings. The van der Waals surface area contributed by atoms with E-state index in [1.165, 1.54) is 0 Å². The van der Waals surface area contributed by atoms with Crippen LogP contribution in [0.15, 0.2) is 65.1 Å². The van der Waals surface area contributed by atoms with Gasteiger partial charge in [-0.05, 0) is 0 Å². The second-order valence-corrected chi connectivity index (χ2v) is 6.51. The molecule has 1 amide bonds. The molecule has 0 N–H and O–H groups in total. The van der Waals surface area contributed by atoms with Crippen LogP contribution in [-0.2, 0) is 16.0 Å². The summed E-state index contributed by atoms with van der Waals surface area (Å²) in [5.41, 5.74) is 2.80. The van der Waals surface area contributed by atoms with Gasteiger partial charge in [0.15, 0.2) is 11.7 Å². The average molecular weight is 362 g/mol. The van der Waals surface area contributed by atoms with Gasteiger partial charge in [-0.25, -0.2) is 4.98 Å². The lowest BCUT2D eigenvalue weighted by Crippen LogP contribution is -2.40. The van der Waals surface area contributed by atoms with Gasteiger partial charge in [0.2, 0.25) is 5.91 Å². The number of oxazole rings is 1. The third kappa shape index (κ3) is 4.09. The quantitative estimate of drug-likeness (QED) is 0.693. The zero-order chi connectivity index (χ0) is 18.5. The zero-order valence-electron chi connectivity index (χ0n) is 15.1. The monoisotopic (exact) mass is 362 g/mol. The summed E-state index contributed by atoms with van der Waals surface area (Å²) in [6.07, 6.45) is 0.881. The maximum absolute atomic E-state index is 12.4. The predicted molar refractivity (Wildman–Crippen MR) is 103 cm³/mol. The molecule has 5 heteroatoms. The van der Waals surface area contributed by atoms with Gasteiger partial charge in [0.05, 0.1) is 13.2 Å². The SMILES string of the molecule is O=C(CCc1nc(-c2ccccc2)c(-c2ccccc2)o1)N1CCOCC1. The summed E-state index contributed by atoms with van der Waals surface area (Å²) >= 11 is 0. The van der Waals surface area contributed by atoms with Crippen molar-refractivity contribution in [3.63, 3.8) is 0 Å². The summed E-state index contributed by atoms with van der Waals surface area (Å²) in [6, 6.07) is 20.0. The molecule has 5 nitrogen and oxygen atoms in total. The van der Waals surface area contributed by atoms with Crippen molar-refractivity contribution in [3.8, 4) is 22.6 Å². The fourth-order valence-electron chi connectivity index (χ4n) is 3.23. The highest BCUT2D eigenvalue weighted by molar-refractivity contribution is 5.78. The molecule has 2 aromatic carbocycles. The van der Waals surface area contributed by atoms with Crippen LogP contribution in [0, 0.1) is 0 Å². The molecule has 1 saturated heterocycles. The smallest absolute Gasteiger partial charge is 0.223 e. The Balaban J connectivity index is 1.57. The summed E-state index contributed by atoms with van der Waals surface area (Å²) in [4.78, 5) is 19.0. The van der Waals surface area contributed by atoms with E-state index < -0.39 is 0 Å². The lowest BCUT2D eigenvalue weighted by molar-refractivity contribution is -0.135. The molecule has 0 aliphatic carbocycles. The lowest BCUT2D eigenvalue weighted by atomic mass is 10.1. The number of aromatic nitrogens is 1. The summed E-state index contributed by atoms with van der Waals surface area (Å²) in [7, 11) is 0. The Morgan fingerprint density at radius 1 is 0.926 bits per heavy atom. The highest BCUT2D eigenvalue weighted by Crippen LogP contribution is 2.32. The van der Waals surface area contributed by atoms with Crippen molar-refractivity contribution in [2.24, 2.45) is 0 Å². The van der Waals surface area contributed by atoms with E-state index in [1.807, 2.05) is 65.6 Å². The normalized spacial score (nSPS) is 14.3. The first-order chi connectivity index (χ1) is 13.3. The molecule has 0 spiro atoms. The Bertz CT molecular complexity index is 827. The standard InChI is InChI=1S/C22H22N2O3/c25-20(24-13-15-26-16-14-24)12-11-19-23-21(17-7-3-1-4-8-17)22(27-19)18-9-5-2-6-10-18/h1-10H,11-16H2. The Hall–Kier alpha value is -2.92. The van der Waals surface area contributed by atoms with E-state index in [1.54, 1.807) is 0 Å². The first-order valence-corrected chi connectivity index (χ1v) is 9.27. The Morgan fingerprint density at radius 3 is 2.22 bits per heavy atom. The van der Waals surface area contributed by atoms with Crippen LogP contribution in [0.25, 0.3) is 22.6 Å². The molecule has 1 aromatic heterocycles. The van der Waals surface area contributed by atoms with Gasteiger partial charge in [-0.15, -0.1) is 0 Å². The summed E-state index contributed by atoms with van der Waals surface area (Å²) in [5, 5.41) is 0. The molecule has 2 heterocycles. The van der Waals surface area contributed by atoms with Gasteiger partial charge >= 0.3 is 0 Å². The van der Waals surface area contributed by atoms with Crippen LogP contribution in [0.4, 0.5) is 0 Å². The highest BCUT2D eigenvalue weighted by Gasteiger charge is 2.20. The number of carbonyl (C=O) groups is 1. The molecule has 0 radical (unpaired) electrons. The molecule has 1 aliphatic rings. The Kier molecular flexibility index (Phi) is 5.30. The van der Waals surface area contributed by atoms with E-state index in [4.69, 9.17) is 14.1 Å². The molecule has 1 aliphatic heterocycles. The molecule has 0 saturated carbocycles. The van der Waals surface area contributed by atoms with Crippen LogP contribution in [0.1, 0.15) is 12.3 Å². The lowest BCUT2D eigenvalue weighted by Gasteiger charge is -2.26. The number of hydrogen-bond acceptors (Lipinski definition) is 4. The van der Waals surface area contributed by atoms with Crippen LogP contribution in [0.5, 0.6) is 0 Å². The second kappa shape index (κ2) is 8.18. The Morgan fingerprint density at radius 2 is 1.56 bits per heavy atom. The van der Waals surface area contributed by atoms with Gasteiger partial charge in [0, 0.05) is 37.1 Å². The van der Waals surface area contributed by atoms with E-state index in [0.717, 1.165) is 22.6 Å². The van der Waals surface area contributed by atoms with Gasteiger partial charge in [-0.2, -0.15) is 0 Å². The minimum absolute atomic E-state index is 0.124. The van der Waals surface area contributed by atoms with E-state index >= 15 is 0 Å². The minimum Gasteiger partial charge on any atom is -0.440 e. The van der Waals surface area contributed by atoms with Crippen molar-refractivity contribution in [3.05, 3.63) is 66.6 Å². The number of nitrogens with zero attached hydrogens (tertiary/aromatic N) is 2. The van der Waals surface area contributed by atoms with Crippen molar-refractivity contribution in [2.45, 2.75) is 12.8 Å². The number of benzene rings is 2. The van der Waals surface area contributed by atoms with E-state index in [0.29, 0.717) is 45.0 Å². The van der Waals surface area contributed by atoms with Crippen LogP contribution in [0.2, 0.25) is 0 Å². The van der Waals surface area contributed by atoms with Crippen LogP contribution >= 0.6 is 0 Å². The maximum atomic E-state index is 12.4. The second-order valence-electron chi connectivity index (χ2n) is 6.51. The van der Waals surface area contributed by atoms with Gasteiger partial charge in [0.25, 0.3) is 0 Å². The molecule has 138 valence electrons. The molecule has 0 atom stereocenters. The van der Waals surface area contributed by atoms with Crippen LogP contribution in [-0.4, -0.2) is 42.1 Å². The van der Waals surface area contributed by atoms with Crippen molar-refractivity contribution >= 4 is 5.91 Å². The number of hydrogen-bond donors (Lipinski definition) is 0. The third-order valence-corrected chi connectivity index (χ3v) is 4.67. The number of carbonyl (C=O) groups excluding carboxylic acids is 1. The van der Waals surface area contributed by atoms with E-state index in [2.05, 4.69) is 0 Å². The first kappa shape index (κ1) is 17.5. The average Bonchev–Trinajstić information content (AvgIpc) is 3.18. The molecule has 0 bridgehead atoms. The predicted octanol–water partition coefficient (Wildman–Crippen LogP) is 3.80. The molecular weight excluding hydrogens is 340 g/mol. The van der Waals surface area contributed by atoms with Crippen LogP contribution in [0.3, 0.4) is 0 Å². The first-order valence-electron chi connectivity index (χ1n) is 9.27. The third-order valence-electron chi connectivity index (χ3n) is 4.67. The molecule has 4 rings (SSSR count). The topological polar surface area (TPSA) is 55.6 Å². The van der Waals surface area contributed by atoms with Crippen molar-refractivity contribution in [2.75, 3.05) is 26.3 Å². The summed E-state index contributed by atoms with van der Waals surface area (Å²) in [6.45, 7) is 2.55. The summed E-state index contributed by atoms with van der Waals surface area (Å²) < 4.78 is 11.4.